The zero-order valence-corrected chi connectivity index (χ0v) is 24.6. The number of hydrogen-bond acceptors (Lipinski definition) is 11. The number of nitriles is 1. The topological polar surface area (TPSA) is 128 Å². The molecule has 0 radical (unpaired) electrons. The van der Waals surface area contributed by atoms with Crippen molar-refractivity contribution in [2.75, 3.05) is 75.7 Å². The van der Waals surface area contributed by atoms with Gasteiger partial charge >= 0.3 is 6.01 Å². The molecule has 0 unspecified atom stereocenters. The Balaban J connectivity index is 2.64. The summed E-state index contributed by atoms with van der Waals surface area (Å²) in [6, 6.07) is 2.03. The van der Waals surface area contributed by atoms with Crippen molar-refractivity contribution >= 4 is 17.4 Å². The van der Waals surface area contributed by atoms with E-state index in [0.29, 0.717) is 12.4 Å². The summed E-state index contributed by atoms with van der Waals surface area (Å²) in [5, 5.41) is 9.50. The molecule has 0 saturated carbocycles. The Kier molecular flexibility index (Phi) is 16.1. The minimum Gasteiger partial charge on any atom is -0.472 e. The Bertz CT molecular complexity index is 1150. The quantitative estimate of drug-likeness (QED) is 0.0993. The third kappa shape index (κ3) is 10.5. The van der Waals surface area contributed by atoms with Gasteiger partial charge in [-0.25, -0.2) is 0 Å². The van der Waals surface area contributed by atoms with E-state index < -0.39 is 18.3 Å². The van der Waals surface area contributed by atoms with Crippen LogP contribution in [0.5, 0.6) is 11.9 Å². The Hall–Kier alpha value is -4.28. The normalized spacial score (nSPS) is 14.4. The predicted octanol–water partition coefficient (Wildman–Crippen LogP) is 3.20. The van der Waals surface area contributed by atoms with Crippen LogP contribution in [0.2, 0.25) is 0 Å². The molecule has 2 rings (SSSR count). The van der Waals surface area contributed by atoms with E-state index >= 15 is 0 Å². The fourth-order valence-corrected chi connectivity index (χ4v) is 4.12. The van der Waals surface area contributed by atoms with Crippen LogP contribution in [0, 0.1) is 11.3 Å². The maximum atomic E-state index is 13.4. The maximum Gasteiger partial charge on any atom is 0.322 e. The van der Waals surface area contributed by atoms with Gasteiger partial charge in [0.25, 0.3) is 0 Å². The first-order valence-electron chi connectivity index (χ1n) is 13.7. The van der Waals surface area contributed by atoms with Gasteiger partial charge in [-0.05, 0) is 0 Å². The van der Waals surface area contributed by atoms with E-state index in [0.717, 1.165) is 0 Å². The predicted molar refractivity (Wildman–Crippen MR) is 164 cm³/mol. The Morgan fingerprint density at radius 1 is 0.814 bits per heavy atom. The average molecular weight is 596 g/mol. The molecular weight excluding hydrogens is 554 g/mol. The number of amides is 1. The van der Waals surface area contributed by atoms with Gasteiger partial charge in [0, 0.05) is 6.54 Å². The number of hydrogen-bond donors (Lipinski definition) is 0. The van der Waals surface area contributed by atoms with Crippen LogP contribution in [0.4, 0.5) is 11.5 Å². The molecule has 0 spiro atoms. The minimum atomic E-state index is -0.687. The lowest BCUT2D eigenvalue weighted by atomic mass is 10.1. The number of rotatable bonds is 24. The average Bonchev–Trinajstić information content (AvgIpc) is 3.01. The molecule has 2 heterocycles. The lowest BCUT2D eigenvalue weighted by Crippen LogP contribution is -2.54. The van der Waals surface area contributed by atoms with Gasteiger partial charge < -0.3 is 33.3 Å². The summed E-state index contributed by atoms with van der Waals surface area (Å²) in [6.07, 6.45) is 7.61. The first-order chi connectivity index (χ1) is 21.0. The highest BCUT2D eigenvalue weighted by Crippen LogP contribution is 2.40. The molecule has 1 aliphatic rings. The fourth-order valence-electron chi connectivity index (χ4n) is 4.12. The van der Waals surface area contributed by atoms with Crippen molar-refractivity contribution in [2.45, 2.75) is 18.3 Å². The second-order valence-corrected chi connectivity index (χ2v) is 8.94. The minimum absolute atomic E-state index is 0.00186. The number of ether oxygens (including phenoxy) is 6. The van der Waals surface area contributed by atoms with Gasteiger partial charge in [0.1, 0.15) is 38.1 Å². The SMILES string of the molecule is C=CCOC[C@@H](OCC=C)[C@@H](OCC=C)[C@H](CN1CC(=O)N(CC#N)c2c(OCC=C)nc(OCC=C)nc21)OCC=C. The van der Waals surface area contributed by atoms with Gasteiger partial charge in [-0.15, -0.1) is 26.3 Å². The Morgan fingerprint density at radius 3 is 2.05 bits per heavy atom. The largest absolute Gasteiger partial charge is 0.472 e. The summed E-state index contributed by atoms with van der Waals surface area (Å²) in [7, 11) is 0. The van der Waals surface area contributed by atoms with Gasteiger partial charge in [-0.3, -0.25) is 9.69 Å². The number of fused-ring (bicyclic) bond motifs is 1. The number of carbonyl (C=O) groups excluding carboxylic acids is 1. The molecule has 0 N–H and O–H groups in total. The molecule has 12 heteroatoms. The highest BCUT2D eigenvalue weighted by molar-refractivity contribution is 6.04. The Labute approximate surface area is 253 Å². The van der Waals surface area contributed by atoms with E-state index in [9.17, 15) is 10.1 Å². The van der Waals surface area contributed by atoms with Gasteiger partial charge in [-0.1, -0.05) is 49.6 Å². The van der Waals surface area contributed by atoms with E-state index in [1.807, 2.05) is 6.07 Å². The van der Waals surface area contributed by atoms with Crippen LogP contribution in [0.1, 0.15) is 0 Å². The first kappa shape index (κ1) is 34.9. The van der Waals surface area contributed by atoms with Crippen LogP contribution >= 0.6 is 0 Å². The highest BCUT2D eigenvalue weighted by Gasteiger charge is 2.39. The fraction of sp³-hybridized carbons (Fsp3) is 0.419. The van der Waals surface area contributed by atoms with Gasteiger partial charge in [-0.2, -0.15) is 15.2 Å². The molecule has 3 atom stereocenters. The summed E-state index contributed by atoms with van der Waals surface area (Å²) in [4.78, 5) is 25.4. The van der Waals surface area contributed by atoms with E-state index in [2.05, 4.69) is 49.4 Å². The monoisotopic (exact) mass is 595 g/mol. The zero-order chi connectivity index (χ0) is 31.5. The number of carbonyl (C=O) groups is 1. The van der Waals surface area contributed by atoms with Crippen LogP contribution in [0.25, 0.3) is 0 Å². The number of nitrogens with zero attached hydrogens (tertiary/aromatic N) is 5. The van der Waals surface area contributed by atoms with Crippen molar-refractivity contribution < 1.29 is 33.2 Å². The lowest BCUT2D eigenvalue weighted by Gasteiger charge is -2.40. The van der Waals surface area contributed by atoms with Crippen molar-refractivity contribution in [1.29, 1.82) is 5.26 Å². The van der Waals surface area contributed by atoms with Crippen molar-refractivity contribution in [3.05, 3.63) is 75.9 Å². The van der Waals surface area contributed by atoms with E-state index in [1.165, 1.54) is 11.0 Å². The van der Waals surface area contributed by atoms with Crippen LogP contribution in [-0.4, -0.2) is 100 Å². The standard InChI is InChI=1S/C31H41N5O7/c1-7-15-38-23-25(40-17-9-3)28(41-18-10-4)24(39-16-8-2)21-35-22-26(37)36(14-13-32)27-29(35)33-31(43-20-12-6)34-30(27)42-19-11-5/h7-12,24-25,28H,1-6,14-23H2/t24-,25+,28-/m0/s1. The van der Waals surface area contributed by atoms with E-state index in [-0.39, 0.29) is 82.8 Å². The van der Waals surface area contributed by atoms with Crippen molar-refractivity contribution in [1.82, 2.24) is 9.97 Å². The summed E-state index contributed by atoms with van der Waals surface area (Å²) in [6.45, 7) is 23.4. The number of anilines is 2. The summed E-state index contributed by atoms with van der Waals surface area (Å²) >= 11 is 0. The molecule has 232 valence electrons. The third-order valence-electron chi connectivity index (χ3n) is 5.82. The van der Waals surface area contributed by atoms with Crippen molar-refractivity contribution in [3.8, 4) is 18.0 Å². The van der Waals surface area contributed by atoms with Gasteiger partial charge in [0.05, 0.1) is 45.6 Å². The molecule has 0 fully saturated rings. The molecule has 1 aromatic heterocycles. The molecule has 1 amide bonds. The molecule has 0 saturated heterocycles. The highest BCUT2D eigenvalue weighted by atomic mass is 16.6. The molecule has 0 aromatic carbocycles. The smallest absolute Gasteiger partial charge is 0.322 e. The molecule has 1 aliphatic heterocycles. The van der Waals surface area contributed by atoms with Crippen LogP contribution < -0.4 is 19.3 Å². The number of aromatic nitrogens is 2. The second-order valence-electron chi connectivity index (χ2n) is 8.94. The van der Waals surface area contributed by atoms with E-state index in [1.54, 1.807) is 35.3 Å². The van der Waals surface area contributed by atoms with Crippen LogP contribution in [-0.2, 0) is 23.7 Å². The second kappa shape index (κ2) is 19.8. The Morgan fingerprint density at radius 2 is 1.42 bits per heavy atom. The summed E-state index contributed by atoms with van der Waals surface area (Å²) in [5.41, 5.74) is 0.227. The van der Waals surface area contributed by atoms with Crippen molar-refractivity contribution in [3.63, 3.8) is 0 Å². The molecule has 0 aliphatic carbocycles. The van der Waals surface area contributed by atoms with Crippen molar-refractivity contribution in [2.24, 2.45) is 0 Å². The van der Waals surface area contributed by atoms with Crippen LogP contribution in [0.15, 0.2) is 75.9 Å². The van der Waals surface area contributed by atoms with E-state index in [4.69, 9.17) is 28.4 Å². The molecule has 1 aromatic rings. The molecule has 43 heavy (non-hydrogen) atoms. The summed E-state index contributed by atoms with van der Waals surface area (Å²) in [5.74, 6) is 0.00933. The van der Waals surface area contributed by atoms with Gasteiger partial charge in [0.15, 0.2) is 11.5 Å². The lowest BCUT2D eigenvalue weighted by molar-refractivity contribution is -0.141. The molecular formula is C31H41N5O7. The molecule has 12 nitrogen and oxygen atoms in total. The maximum absolute atomic E-state index is 13.4. The van der Waals surface area contributed by atoms with Crippen LogP contribution in [0.3, 0.4) is 0 Å². The van der Waals surface area contributed by atoms with Gasteiger partial charge in [0.2, 0.25) is 11.8 Å². The first-order valence-corrected chi connectivity index (χ1v) is 13.7. The molecule has 0 bridgehead atoms. The zero-order valence-electron chi connectivity index (χ0n) is 24.6. The third-order valence-corrected chi connectivity index (χ3v) is 5.82. The summed E-state index contributed by atoms with van der Waals surface area (Å²) < 4.78 is 35.7.